The number of benzene rings is 3. The maximum Gasteiger partial charge on any atom is 0.253 e. The quantitative estimate of drug-likeness (QED) is 0.373. The van der Waals surface area contributed by atoms with Crippen molar-refractivity contribution in [2.45, 2.75) is 13.2 Å². The van der Waals surface area contributed by atoms with Crippen LogP contribution in [0.5, 0.6) is 5.75 Å². The van der Waals surface area contributed by atoms with Crippen LogP contribution in [-0.4, -0.2) is 41.9 Å². The summed E-state index contributed by atoms with van der Waals surface area (Å²) in [6.45, 7) is 4.41. The molecule has 32 heavy (non-hydrogen) atoms. The first-order valence-corrected chi connectivity index (χ1v) is 12.0. The molecule has 1 saturated heterocycles. The molecule has 1 fully saturated rings. The molecule has 0 bridgehead atoms. The van der Waals surface area contributed by atoms with Gasteiger partial charge in [-0.15, -0.1) is 0 Å². The van der Waals surface area contributed by atoms with Gasteiger partial charge in [0.2, 0.25) is 0 Å². The van der Waals surface area contributed by atoms with E-state index in [0.717, 1.165) is 47.8 Å². The Labute approximate surface area is 206 Å². The van der Waals surface area contributed by atoms with Crippen molar-refractivity contribution < 1.29 is 9.53 Å². The SMILES string of the molecule is O=C(c1ccc(COc2ccc(Br)cc2Cl)cc1)N1CCN(Cc2ccc(Cl)cc2)CC1. The van der Waals surface area contributed by atoms with E-state index in [1.54, 1.807) is 6.07 Å². The molecule has 1 aliphatic rings. The summed E-state index contributed by atoms with van der Waals surface area (Å²) in [7, 11) is 0. The minimum absolute atomic E-state index is 0.0690. The van der Waals surface area contributed by atoms with Crippen LogP contribution in [-0.2, 0) is 13.2 Å². The maximum absolute atomic E-state index is 12.9. The summed E-state index contributed by atoms with van der Waals surface area (Å²) in [6, 6.07) is 21.0. The zero-order valence-corrected chi connectivity index (χ0v) is 20.5. The Morgan fingerprint density at radius 1 is 0.875 bits per heavy atom. The monoisotopic (exact) mass is 532 g/mol. The summed E-state index contributed by atoms with van der Waals surface area (Å²) in [5.41, 5.74) is 2.91. The summed E-state index contributed by atoms with van der Waals surface area (Å²) in [4.78, 5) is 17.2. The van der Waals surface area contributed by atoms with Crippen molar-refractivity contribution in [3.05, 3.63) is 97.9 Å². The molecule has 0 unspecified atom stereocenters. The topological polar surface area (TPSA) is 32.8 Å². The Balaban J connectivity index is 1.27. The molecule has 3 aromatic rings. The van der Waals surface area contributed by atoms with Gasteiger partial charge in [-0.05, 0) is 53.6 Å². The number of carbonyl (C=O) groups is 1. The number of carbonyl (C=O) groups excluding carboxylic acids is 1. The van der Waals surface area contributed by atoms with Crippen LogP contribution in [0.2, 0.25) is 10.0 Å². The van der Waals surface area contributed by atoms with E-state index < -0.39 is 0 Å². The molecule has 0 spiro atoms. The highest BCUT2D eigenvalue weighted by atomic mass is 79.9. The summed E-state index contributed by atoms with van der Waals surface area (Å²) in [6.07, 6.45) is 0. The van der Waals surface area contributed by atoms with Crippen molar-refractivity contribution in [2.24, 2.45) is 0 Å². The van der Waals surface area contributed by atoms with E-state index in [2.05, 4.69) is 33.0 Å². The van der Waals surface area contributed by atoms with E-state index >= 15 is 0 Å². The standard InChI is InChI=1S/C25H23BrCl2N2O2/c26-21-7-10-24(23(28)15-21)32-17-19-1-5-20(6-2-19)25(31)30-13-11-29(12-14-30)16-18-3-8-22(27)9-4-18/h1-10,15H,11-14,16-17H2. The van der Waals surface area contributed by atoms with Gasteiger partial charge in [0.1, 0.15) is 12.4 Å². The molecule has 0 atom stereocenters. The zero-order chi connectivity index (χ0) is 22.5. The predicted octanol–water partition coefficient (Wildman–Crippen LogP) is 6.29. The number of halogens is 3. The predicted molar refractivity (Wildman–Crippen MR) is 133 cm³/mol. The van der Waals surface area contributed by atoms with E-state index in [1.807, 2.05) is 53.4 Å². The molecule has 7 heteroatoms. The summed E-state index contributed by atoms with van der Waals surface area (Å²) < 4.78 is 6.71. The summed E-state index contributed by atoms with van der Waals surface area (Å²) in [5, 5.41) is 1.31. The molecule has 0 saturated carbocycles. The molecule has 0 N–H and O–H groups in total. The number of hydrogen-bond acceptors (Lipinski definition) is 3. The number of amides is 1. The minimum Gasteiger partial charge on any atom is -0.487 e. The van der Waals surface area contributed by atoms with Crippen molar-refractivity contribution >= 4 is 45.0 Å². The summed E-state index contributed by atoms with van der Waals surface area (Å²) >= 11 is 15.5. The fraction of sp³-hybridized carbons (Fsp3) is 0.240. The highest BCUT2D eigenvalue weighted by Gasteiger charge is 2.22. The van der Waals surface area contributed by atoms with Crippen LogP contribution in [0.4, 0.5) is 0 Å². The molecule has 0 aliphatic carbocycles. The lowest BCUT2D eigenvalue weighted by Crippen LogP contribution is -2.48. The highest BCUT2D eigenvalue weighted by Crippen LogP contribution is 2.28. The molecule has 1 aliphatic heterocycles. The number of hydrogen-bond donors (Lipinski definition) is 0. The molecule has 3 aromatic carbocycles. The lowest BCUT2D eigenvalue weighted by atomic mass is 10.1. The van der Waals surface area contributed by atoms with Crippen molar-refractivity contribution in [1.29, 1.82) is 0 Å². The largest absolute Gasteiger partial charge is 0.487 e. The highest BCUT2D eigenvalue weighted by molar-refractivity contribution is 9.10. The first kappa shape index (κ1) is 23.1. The maximum atomic E-state index is 12.9. The Morgan fingerprint density at radius 2 is 1.53 bits per heavy atom. The smallest absolute Gasteiger partial charge is 0.253 e. The van der Waals surface area contributed by atoms with Gasteiger partial charge in [0.05, 0.1) is 5.02 Å². The van der Waals surface area contributed by atoms with Crippen molar-refractivity contribution in [3.63, 3.8) is 0 Å². The van der Waals surface area contributed by atoms with Gasteiger partial charge in [-0.2, -0.15) is 0 Å². The fourth-order valence-corrected chi connectivity index (χ4v) is 4.49. The third kappa shape index (κ3) is 6.04. The molecule has 1 heterocycles. The van der Waals surface area contributed by atoms with E-state index in [0.29, 0.717) is 22.9 Å². The number of nitrogens with zero attached hydrogens (tertiary/aromatic N) is 2. The van der Waals surface area contributed by atoms with Crippen molar-refractivity contribution in [3.8, 4) is 5.75 Å². The Morgan fingerprint density at radius 3 is 2.19 bits per heavy atom. The van der Waals surface area contributed by atoms with E-state index in [9.17, 15) is 4.79 Å². The van der Waals surface area contributed by atoms with E-state index in [1.165, 1.54) is 5.56 Å². The van der Waals surface area contributed by atoms with Crippen molar-refractivity contribution in [1.82, 2.24) is 9.80 Å². The normalized spacial score (nSPS) is 14.4. The van der Waals surface area contributed by atoms with Gasteiger partial charge in [0.25, 0.3) is 5.91 Å². The molecule has 0 aromatic heterocycles. The van der Waals surface area contributed by atoms with Gasteiger partial charge >= 0.3 is 0 Å². The molecular weight excluding hydrogens is 511 g/mol. The Hall–Kier alpha value is -2.05. The third-order valence-electron chi connectivity index (χ3n) is 5.47. The van der Waals surface area contributed by atoms with Gasteiger partial charge in [0.15, 0.2) is 0 Å². The Kier molecular flexibility index (Phi) is 7.74. The van der Waals surface area contributed by atoms with Gasteiger partial charge in [-0.25, -0.2) is 0 Å². The molecule has 166 valence electrons. The van der Waals surface area contributed by atoms with E-state index in [4.69, 9.17) is 27.9 Å². The van der Waals surface area contributed by atoms with Gasteiger partial charge in [0, 0.05) is 47.8 Å². The second-order valence-electron chi connectivity index (χ2n) is 7.76. The van der Waals surface area contributed by atoms with Gasteiger partial charge in [-0.3, -0.25) is 9.69 Å². The number of rotatable bonds is 6. The Bertz CT molecular complexity index is 1070. The first-order valence-electron chi connectivity index (χ1n) is 10.4. The van der Waals surface area contributed by atoms with Crippen LogP contribution < -0.4 is 4.74 Å². The first-order chi connectivity index (χ1) is 15.5. The molecule has 1 amide bonds. The lowest BCUT2D eigenvalue weighted by Gasteiger charge is -2.34. The fourth-order valence-electron chi connectivity index (χ4n) is 3.64. The molecule has 4 nitrogen and oxygen atoms in total. The number of ether oxygens (including phenoxy) is 1. The van der Waals surface area contributed by atoms with Crippen LogP contribution in [0.15, 0.2) is 71.2 Å². The summed E-state index contributed by atoms with van der Waals surface area (Å²) in [5.74, 6) is 0.700. The van der Waals surface area contributed by atoms with Gasteiger partial charge < -0.3 is 9.64 Å². The number of piperazine rings is 1. The second-order valence-corrected chi connectivity index (χ2v) is 9.51. The van der Waals surface area contributed by atoms with E-state index in [-0.39, 0.29) is 5.91 Å². The molecule has 4 rings (SSSR count). The average molecular weight is 534 g/mol. The van der Waals surface area contributed by atoms with Crippen LogP contribution in [0, 0.1) is 0 Å². The van der Waals surface area contributed by atoms with Crippen LogP contribution >= 0.6 is 39.1 Å². The van der Waals surface area contributed by atoms with Crippen LogP contribution in [0.1, 0.15) is 21.5 Å². The lowest BCUT2D eigenvalue weighted by molar-refractivity contribution is 0.0628. The average Bonchev–Trinajstić information content (AvgIpc) is 2.80. The van der Waals surface area contributed by atoms with Crippen LogP contribution in [0.3, 0.4) is 0 Å². The molecule has 0 radical (unpaired) electrons. The van der Waals surface area contributed by atoms with Gasteiger partial charge in [-0.1, -0.05) is 63.4 Å². The second kappa shape index (κ2) is 10.7. The van der Waals surface area contributed by atoms with Crippen molar-refractivity contribution in [2.75, 3.05) is 26.2 Å². The van der Waals surface area contributed by atoms with Crippen LogP contribution in [0.25, 0.3) is 0 Å². The molecular formula is C25H23BrCl2N2O2. The zero-order valence-electron chi connectivity index (χ0n) is 17.4. The minimum atomic E-state index is 0.0690. The third-order valence-corrected chi connectivity index (χ3v) is 6.51.